The molecular formula is C19H24O2. The maximum Gasteiger partial charge on any atom is 0.156 e. The van der Waals surface area contributed by atoms with Gasteiger partial charge in [0.05, 0.1) is 5.41 Å². The van der Waals surface area contributed by atoms with E-state index in [2.05, 4.69) is 33.8 Å². The van der Waals surface area contributed by atoms with Crippen molar-refractivity contribution in [2.45, 2.75) is 47.0 Å². The third kappa shape index (κ3) is 1.49. The first-order valence-corrected chi connectivity index (χ1v) is 8.25. The Bertz CT molecular complexity index is 621. The van der Waals surface area contributed by atoms with Crippen molar-refractivity contribution >= 4 is 11.6 Å². The van der Waals surface area contributed by atoms with Gasteiger partial charge in [0, 0.05) is 12.3 Å². The van der Waals surface area contributed by atoms with Crippen molar-refractivity contribution in [2.75, 3.05) is 0 Å². The first-order chi connectivity index (χ1) is 9.78. The molecule has 0 amide bonds. The average Bonchev–Trinajstić information content (AvgIpc) is 2.80. The summed E-state index contributed by atoms with van der Waals surface area (Å²) in [5, 5.41) is 0. The predicted molar refractivity (Wildman–Crippen MR) is 81.6 cm³/mol. The molecule has 0 aromatic rings. The van der Waals surface area contributed by atoms with E-state index >= 15 is 0 Å². The summed E-state index contributed by atoms with van der Waals surface area (Å²) in [5.41, 5.74) is 2.13. The van der Waals surface area contributed by atoms with Gasteiger partial charge in [0.25, 0.3) is 0 Å². The molecule has 0 aromatic carbocycles. The van der Waals surface area contributed by atoms with Crippen LogP contribution in [-0.4, -0.2) is 11.6 Å². The lowest BCUT2D eigenvalue weighted by atomic mass is 9.64. The summed E-state index contributed by atoms with van der Waals surface area (Å²) >= 11 is 0. The van der Waals surface area contributed by atoms with Crippen LogP contribution in [0, 0.1) is 34.5 Å². The van der Waals surface area contributed by atoms with Crippen molar-refractivity contribution in [2.24, 2.45) is 34.5 Å². The Labute approximate surface area is 126 Å². The van der Waals surface area contributed by atoms with E-state index in [1.165, 1.54) is 5.57 Å². The number of hydrogen-bond donors (Lipinski definition) is 0. The molecule has 2 nitrogen and oxygen atoms in total. The molecule has 0 aromatic heterocycles. The minimum absolute atomic E-state index is 0.0458. The molecule has 0 N–H and O–H groups in total. The lowest BCUT2D eigenvalue weighted by Gasteiger charge is -2.37. The minimum atomic E-state index is -0.385. The van der Waals surface area contributed by atoms with E-state index in [9.17, 15) is 9.59 Å². The molecule has 0 unspecified atom stereocenters. The molecule has 0 saturated heterocycles. The van der Waals surface area contributed by atoms with Crippen LogP contribution in [0.2, 0.25) is 0 Å². The van der Waals surface area contributed by atoms with E-state index in [0.29, 0.717) is 30.0 Å². The van der Waals surface area contributed by atoms with E-state index in [1.807, 2.05) is 0 Å². The van der Waals surface area contributed by atoms with Crippen LogP contribution in [0.5, 0.6) is 0 Å². The fourth-order valence-electron chi connectivity index (χ4n) is 5.87. The third-order valence-corrected chi connectivity index (χ3v) is 7.01. The first-order valence-electron chi connectivity index (χ1n) is 8.25. The quantitative estimate of drug-likeness (QED) is 0.679. The highest BCUT2D eigenvalue weighted by atomic mass is 16.1. The Morgan fingerprint density at radius 3 is 2.62 bits per heavy atom. The van der Waals surface area contributed by atoms with E-state index in [4.69, 9.17) is 0 Å². The maximum absolute atomic E-state index is 13.5. The van der Waals surface area contributed by atoms with Gasteiger partial charge in [-0.15, -0.1) is 0 Å². The molecular weight excluding hydrogens is 260 g/mol. The van der Waals surface area contributed by atoms with Gasteiger partial charge in [-0.2, -0.15) is 0 Å². The molecule has 0 radical (unpaired) electrons. The topological polar surface area (TPSA) is 34.1 Å². The predicted octanol–water partition coefficient (Wildman–Crippen LogP) is 3.72. The zero-order valence-electron chi connectivity index (χ0n) is 13.4. The largest absolute Gasteiger partial charge is 0.298 e. The Morgan fingerprint density at radius 1 is 1.19 bits per heavy atom. The highest BCUT2D eigenvalue weighted by Gasteiger charge is 2.68. The molecule has 4 aliphatic rings. The molecule has 2 saturated carbocycles. The normalized spacial score (nSPS) is 46.9. The second kappa shape index (κ2) is 3.77. The Kier molecular flexibility index (Phi) is 2.42. The standard InChI is InChI=1S/C19H24O2/c1-10-5-12-7-13(20)8-14-16-15(18(16,3)4)6-11(2)19(12,9-10)17(14)21/h5,7,11,14-16H,6,8-9H2,1-4H3/t11-,14+,15-,16+,19-/m1/s1. The van der Waals surface area contributed by atoms with Crippen LogP contribution in [0.15, 0.2) is 23.3 Å². The number of hydrogen-bond acceptors (Lipinski definition) is 2. The van der Waals surface area contributed by atoms with Gasteiger partial charge in [-0.25, -0.2) is 0 Å². The number of rotatable bonds is 0. The van der Waals surface area contributed by atoms with Crippen LogP contribution in [0.1, 0.15) is 47.0 Å². The second-order valence-electron chi connectivity index (χ2n) is 8.47. The molecule has 0 aliphatic heterocycles. The zero-order chi connectivity index (χ0) is 15.2. The van der Waals surface area contributed by atoms with Gasteiger partial charge in [0.2, 0.25) is 0 Å². The van der Waals surface area contributed by atoms with Crippen molar-refractivity contribution in [3.63, 3.8) is 0 Å². The van der Waals surface area contributed by atoms with Crippen LogP contribution < -0.4 is 0 Å². The summed E-state index contributed by atoms with van der Waals surface area (Å²) in [6.45, 7) is 8.89. The molecule has 5 atom stereocenters. The fourth-order valence-corrected chi connectivity index (χ4v) is 5.87. The van der Waals surface area contributed by atoms with Gasteiger partial charge in [-0.05, 0) is 54.6 Å². The van der Waals surface area contributed by atoms with Crippen LogP contribution in [0.25, 0.3) is 0 Å². The van der Waals surface area contributed by atoms with Gasteiger partial charge >= 0.3 is 0 Å². The number of carbonyl (C=O) groups excluding carboxylic acids is 2. The molecule has 2 bridgehead atoms. The summed E-state index contributed by atoms with van der Waals surface area (Å²) in [7, 11) is 0. The highest BCUT2D eigenvalue weighted by Crippen LogP contribution is 2.70. The minimum Gasteiger partial charge on any atom is -0.298 e. The summed E-state index contributed by atoms with van der Waals surface area (Å²) in [5.74, 6) is 1.87. The molecule has 112 valence electrons. The Hall–Kier alpha value is -1.18. The van der Waals surface area contributed by atoms with Gasteiger partial charge < -0.3 is 0 Å². The van der Waals surface area contributed by atoms with Gasteiger partial charge in [-0.1, -0.05) is 32.4 Å². The average molecular weight is 284 g/mol. The molecule has 2 heteroatoms. The first kappa shape index (κ1) is 13.5. The van der Waals surface area contributed by atoms with Crippen LogP contribution in [0.3, 0.4) is 0 Å². The number of carbonyl (C=O) groups is 2. The van der Waals surface area contributed by atoms with Crippen molar-refractivity contribution in [1.82, 2.24) is 0 Å². The molecule has 2 fully saturated rings. The van der Waals surface area contributed by atoms with Crippen LogP contribution >= 0.6 is 0 Å². The molecule has 4 aliphatic carbocycles. The van der Waals surface area contributed by atoms with Gasteiger partial charge in [0.1, 0.15) is 5.78 Å². The SMILES string of the molecule is CC1=CC2=CC(=O)C[C@@H]3C(=O)[C@]2(C1)[C@H](C)C[C@@H]1[C@H]3C1(C)C. The fraction of sp³-hybridized carbons (Fsp3) is 0.684. The Morgan fingerprint density at radius 2 is 1.90 bits per heavy atom. The summed E-state index contributed by atoms with van der Waals surface area (Å²) in [4.78, 5) is 25.8. The van der Waals surface area contributed by atoms with E-state index in [0.717, 1.165) is 18.4 Å². The smallest absolute Gasteiger partial charge is 0.156 e. The summed E-state index contributed by atoms with van der Waals surface area (Å²) < 4.78 is 0. The number of fused-ring (bicyclic) bond motifs is 3. The second-order valence-corrected chi connectivity index (χ2v) is 8.47. The highest BCUT2D eigenvalue weighted by molar-refractivity contribution is 6.03. The molecule has 4 rings (SSSR count). The van der Waals surface area contributed by atoms with Crippen molar-refractivity contribution < 1.29 is 9.59 Å². The summed E-state index contributed by atoms with van der Waals surface area (Å²) in [6.07, 6.45) is 6.31. The number of allylic oxidation sites excluding steroid dienone is 4. The van der Waals surface area contributed by atoms with E-state index in [-0.39, 0.29) is 22.5 Å². The van der Waals surface area contributed by atoms with Crippen LogP contribution in [0.4, 0.5) is 0 Å². The lowest BCUT2D eigenvalue weighted by molar-refractivity contribution is -0.134. The van der Waals surface area contributed by atoms with Crippen molar-refractivity contribution in [3.05, 3.63) is 23.3 Å². The molecule has 0 heterocycles. The lowest BCUT2D eigenvalue weighted by Crippen LogP contribution is -2.40. The van der Waals surface area contributed by atoms with E-state index in [1.54, 1.807) is 6.08 Å². The maximum atomic E-state index is 13.5. The van der Waals surface area contributed by atoms with Crippen molar-refractivity contribution in [3.8, 4) is 0 Å². The third-order valence-electron chi connectivity index (χ3n) is 7.01. The molecule has 21 heavy (non-hydrogen) atoms. The monoisotopic (exact) mass is 284 g/mol. The molecule has 1 spiro atoms. The number of ketones is 2. The number of Topliss-reactive ketones (excluding diaryl/α,β-unsaturated/α-hetero) is 1. The van der Waals surface area contributed by atoms with E-state index < -0.39 is 0 Å². The van der Waals surface area contributed by atoms with Gasteiger partial charge in [0.15, 0.2) is 5.78 Å². The summed E-state index contributed by atoms with van der Waals surface area (Å²) in [6, 6.07) is 0. The van der Waals surface area contributed by atoms with Crippen molar-refractivity contribution in [1.29, 1.82) is 0 Å². The zero-order valence-corrected chi connectivity index (χ0v) is 13.4. The van der Waals surface area contributed by atoms with Gasteiger partial charge in [-0.3, -0.25) is 9.59 Å². The van der Waals surface area contributed by atoms with Crippen LogP contribution in [-0.2, 0) is 9.59 Å². The Balaban J connectivity index is 1.89.